The van der Waals surface area contributed by atoms with Crippen molar-refractivity contribution in [1.82, 2.24) is 5.43 Å². The summed E-state index contributed by atoms with van der Waals surface area (Å²) in [6.07, 6.45) is 1.76. The van der Waals surface area contributed by atoms with Gasteiger partial charge in [0.25, 0.3) is 0 Å². The van der Waals surface area contributed by atoms with Gasteiger partial charge in [0.1, 0.15) is 6.61 Å². The molecule has 0 heterocycles. The molecule has 6 nitrogen and oxygen atoms in total. The van der Waals surface area contributed by atoms with E-state index in [0.29, 0.717) is 34.3 Å². The maximum absolute atomic E-state index is 12.3. The highest BCUT2D eigenvalue weighted by molar-refractivity contribution is 6.32. The quantitative estimate of drug-likeness (QED) is 0.327. The zero-order valence-corrected chi connectivity index (χ0v) is 20.1. The molecule has 174 valence electrons. The van der Waals surface area contributed by atoms with Crippen molar-refractivity contribution in [3.8, 4) is 17.6 Å². The van der Waals surface area contributed by atoms with Crippen LogP contribution in [0.25, 0.3) is 0 Å². The summed E-state index contributed by atoms with van der Waals surface area (Å²) >= 11 is 6.47. The van der Waals surface area contributed by atoms with Crippen LogP contribution in [0.3, 0.4) is 0 Å². The monoisotopic (exact) mass is 475 g/mol. The van der Waals surface area contributed by atoms with E-state index < -0.39 is 0 Å². The molecule has 3 aromatic carbocycles. The van der Waals surface area contributed by atoms with Crippen LogP contribution in [0.2, 0.25) is 5.02 Å². The van der Waals surface area contributed by atoms with E-state index in [9.17, 15) is 4.79 Å². The van der Waals surface area contributed by atoms with E-state index in [2.05, 4.69) is 16.6 Å². The lowest BCUT2D eigenvalue weighted by Gasteiger charge is -2.14. The molecule has 0 bridgehead atoms. The third-order valence-electron chi connectivity index (χ3n) is 5.05. The molecular formula is C27H26ClN3O3. The number of nitriles is 1. The van der Waals surface area contributed by atoms with Gasteiger partial charge in [0.15, 0.2) is 11.5 Å². The number of hydrogen-bond acceptors (Lipinski definition) is 5. The van der Waals surface area contributed by atoms with Crippen molar-refractivity contribution < 1.29 is 14.3 Å². The zero-order valence-electron chi connectivity index (χ0n) is 19.4. The minimum atomic E-state index is -0.207. The summed E-state index contributed by atoms with van der Waals surface area (Å²) < 4.78 is 11.6. The predicted molar refractivity (Wildman–Crippen MR) is 133 cm³/mol. The fourth-order valence-corrected chi connectivity index (χ4v) is 3.61. The number of rotatable bonds is 9. The molecular weight excluding hydrogens is 450 g/mol. The van der Waals surface area contributed by atoms with E-state index >= 15 is 0 Å². The second-order valence-electron chi connectivity index (χ2n) is 7.76. The normalized spacial score (nSPS) is 10.7. The Morgan fingerprint density at radius 3 is 2.56 bits per heavy atom. The van der Waals surface area contributed by atoms with Crippen LogP contribution >= 0.6 is 11.6 Å². The van der Waals surface area contributed by atoms with Gasteiger partial charge >= 0.3 is 0 Å². The Morgan fingerprint density at radius 2 is 1.88 bits per heavy atom. The van der Waals surface area contributed by atoms with Gasteiger partial charge in [-0.2, -0.15) is 10.4 Å². The molecule has 34 heavy (non-hydrogen) atoms. The number of hydrogen-bond donors (Lipinski definition) is 1. The lowest BCUT2D eigenvalue weighted by Crippen LogP contribution is -2.20. The second kappa shape index (κ2) is 11.9. The van der Waals surface area contributed by atoms with Crippen LogP contribution in [-0.2, 0) is 17.8 Å². The van der Waals surface area contributed by atoms with Crippen LogP contribution < -0.4 is 14.9 Å². The first kappa shape index (κ1) is 24.8. The number of carbonyl (C=O) groups excluding carboxylic acids is 1. The first-order valence-corrected chi connectivity index (χ1v) is 11.2. The van der Waals surface area contributed by atoms with Crippen LogP contribution in [-0.4, -0.2) is 18.7 Å². The Hall–Kier alpha value is -3.82. The van der Waals surface area contributed by atoms with E-state index in [1.54, 1.807) is 24.3 Å². The van der Waals surface area contributed by atoms with Crippen molar-refractivity contribution >= 4 is 23.7 Å². The Labute approximate surface area is 204 Å². The third kappa shape index (κ3) is 6.84. The molecule has 7 heteroatoms. The number of amides is 1. The van der Waals surface area contributed by atoms with Gasteiger partial charge in [0, 0.05) is 0 Å². The fourth-order valence-electron chi connectivity index (χ4n) is 3.33. The van der Waals surface area contributed by atoms with Crippen LogP contribution in [0.1, 0.15) is 40.3 Å². The Bertz CT molecular complexity index is 1230. The van der Waals surface area contributed by atoms with Crippen molar-refractivity contribution in [2.24, 2.45) is 5.10 Å². The smallest absolute Gasteiger partial charge is 0.244 e. The molecule has 0 atom stereocenters. The highest BCUT2D eigenvalue weighted by Gasteiger charge is 2.13. The van der Waals surface area contributed by atoms with Crippen molar-refractivity contribution in [1.29, 1.82) is 5.26 Å². The highest BCUT2D eigenvalue weighted by atomic mass is 35.5. The number of benzene rings is 3. The van der Waals surface area contributed by atoms with Crippen LogP contribution in [0, 0.1) is 25.2 Å². The van der Waals surface area contributed by atoms with Crippen molar-refractivity contribution in [2.45, 2.75) is 33.8 Å². The van der Waals surface area contributed by atoms with Gasteiger partial charge in [-0.15, -0.1) is 0 Å². The van der Waals surface area contributed by atoms with E-state index in [4.69, 9.17) is 26.3 Å². The summed E-state index contributed by atoms with van der Waals surface area (Å²) in [6, 6.07) is 18.7. The third-order valence-corrected chi connectivity index (χ3v) is 5.33. The van der Waals surface area contributed by atoms with Crippen molar-refractivity contribution in [3.63, 3.8) is 0 Å². The average Bonchev–Trinajstić information content (AvgIpc) is 2.81. The molecule has 1 N–H and O–H groups in total. The lowest BCUT2D eigenvalue weighted by atomic mass is 10.0. The summed E-state index contributed by atoms with van der Waals surface area (Å²) in [5.74, 6) is 0.692. The number of halogens is 1. The molecule has 3 rings (SSSR count). The van der Waals surface area contributed by atoms with E-state index in [1.807, 2.05) is 51.1 Å². The van der Waals surface area contributed by atoms with E-state index in [1.165, 1.54) is 6.21 Å². The average molecular weight is 476 g/mol. The number of nitrogens with one attached hydrogen (secondary N) is 1. The number of nitrogens with zero attached hydrogens (tertiary/aromatic N) is 2. The molecule has 1 amide bonds. The van der Waals surface area contributed by atoms with Gasteiger partial charge < -0.3 is 9.47 Å². The van der Waals surface area contributed by atoms with Crippen LogP contribution in [0.4, 0.5) is 0 Å². The van der Waals surface area contributed by atoms with Gasteiger partial charge in [0.2, 0.25) is 5.91 Å². The number of hydrazone groups is 1. The van der Waals surface area contributed by atoms with Crippen LogP contribution in [0.5, 0.6) is 11.5 Å². The fraction of sp³-hybridized carbons (Fsp3) is 0.222. The largest absolute Gasteiger partial charge is 0.490 e. The first-order chi connectivity index (χ1) is 16.4. The molecule has 0 radical (unpaired) electrons. The molecule has 0 aliphatic carbocycles. The zero-order chi connectivity index (χ0) is 24.5. The van der Waals surface area contributed by atoms with Crippen LogP contribution in [0.15, 0.2) is 59.7 Å². The second-order valence-corrected chi connectivity index (χ2v) is 8.17. The summed E-state index contributed by atoms with van der Waals surface area (Å²) in [6.45, 7) is 6.57. The summed E-state index contributed by atoms with van der Waals surface area (Å²) in [5.41, 5.74) is 7.89. The number of aryl methyl sites for hydroxylation is 2. The minimum absolute atomic E-state index is 0.207. The van der Waals surface area contributed by atoms with Gasteiger partial charge in [-0.3, -0.25) is 4.79 Å². The topological polar surface area (TPSA) is 83.7 Å². The molecule has 0 spiro atoms. The van der Waals surface area contributed by atoms with E-state index in [-0.39, 0.29) is 18.9 Å². The molecule has 0 saturated carbocycles. The van der Waals surface area contributed by atoms with Crippen molar-refractivity contribution in [3.05, 3.63) is 93.0 Å². The van der Waals surface area contributed by atoms with Crippen molar-refractivity contribution in [2.75, 3.05) is 6.61 Å². The molecule has 0 fully saturated rings. The number of carbonyl (C=O) groups is 1. The summed E-state index contributed by atoms with van der Waals surface area (Å²) in [7, 11) is 0. The lowest BCUT2D eigenvalue weighted by molar-refractivity contribution is -0.120. The molecule has 0 aliphatic heterocycles. The molecule has 0 aromatic heterocycles. The number of ether oxygens (including phenoxy) is 2. The Kier molecular flexibility index (Phi) is 8.66. The van der Waals surface area contributed by atoms with Gasteiger partial charge in [-0.25, -0.2) is 5.43 Å². The van der Waals surface area contributed by atoms with Gasteiger partial charge in [0.05, 0.1) is 35.9 Å². The molecule has 0 saturated heterocycles. The Balaban J connectivity index is 1.66. The van der Waals surface area contributed by atoms with Gasteiger partial charge in [-0.05, 0) is 67.3 Å². The molecule has 0 unspecified atom stereocenters. The van der Waals surface area contributed by atoms with E-state index in [0.717, 1.165) is 22.3 Å². The SMILES string of the molecule is CCOc1cc(/C=N\NC(=O)Cc2ccc(C)cc2C)cc(Cl)c1OCc1ccc(C#N)cc1. The minimum Gasteiger partial charge on any atom is -0.490 e. The maximum Gasteiger partial charge on any atom is 0.244 e. The molecule has 0 aliphatic rings. The predicted octanol–water partition coefficient (Wildman–Crippen LogP) is 5.50. The molecule has 3 aromatic rings. The Morgan fingerprint density at radius 1 is 1.12 bits per heavy atom. The first-order valence-electron chi connectivity index (χ1n) is 10.9. The van der Waals surface area contributed by atoms with Gasteiger partial charge in [-0.1, -0.05) is 47.5 Å². The maximum atomic E-state index is 12.3. The highest BCUT2D eigenvalue weighted by Crippen LogP contribution is 2.37. The summed E-state index contributed by atoms with van der Waals surface area (Å²) in [4.78, 5) is 12.3. The standard InChI is InChI=1S/C27H26ClN3O3/c1-4-33-25-13-22(16-30-31-26(32)14-23-10-5-18(2)11-19(23)3)12-24(28)27(25)34-17-21-8-6-20(15-29)7-9-21/h5-13,16H,4,14,17H2,1-3H3,(H,31,32)/b30-16-. The summed E-state index contributed by atoms with van der Waals surface area (Å²) in [5, 5.41) is 13.3.